The van der Waals surface area contributed by atoms with Crippen LogP contribution < -0.4 is 0 Å². The van der Waals surface area contributed by atoms with Crippen LogP contribution in [-0.4, -0.2) is 18.0 Å². The average Bonchev–Trinajstić information content (AvgIpc) is 2.45. The standard InChI is InChI=1S/C19H31N/c1-4-6-7-8-9-10-16-20(15-5-2)17-19-13-11-18(3)12-14-19/h5,11-14H,2,4,6-10,15-17H2,1,3H3. The summed E-state index contributed by atoms with van der Waals surface area (Å²) in [5.41, 5.74) is 2.74. The fraction of sp³-hybridized carbons (Fsp3) is 0.579. The highest BCUT2D eigenvalue weighted by molar-refractivity contribution is 5.21. The van der Waals surface area contributed by atoms with E-state index >= 15 is 0 Å². The molecule has 1 aromatic carbocycles. The summed E-state index contributed by atoms with van der Waals surface area (Å²) in [5.74, 6) is 0. The van der Waals surface area contributed by atoms with E-state index in [4.69, 9.17) is 0 Å². The van der Waals surface area contributed by atoms with E-state index in [1.807, 2.05) is 6.08 Å². The topological polar surface area (TPSA) is 3.24 Å². The van der Waals surface area contributed by atoms with E-state index in [-0.39, 0.29) is 0 Å². The lowest BCUT2D eigenvalue weighted by molar-refractivity contribution is 0.286. The van der Waals surface area contributed by atoms with Gasteiger partial charge in [0.15, 0.2) is 0 Å². The van der Waals surface area contributed by atoms with E-state index in [0.29, 0.717) is 0 Å². The van der Waals surface area contributed by atoms with Crippen molar-refractivity contribution in [1.29, 1.82) is 0 Å². The van der Waals surface area contributed by atoms with Gasteiger partial charge in [0.2, 0.25) is 0 Å². The molecular formula is C19H31N. The third kappa shape index (κ3) is 7.49. The molecule has 0 spiro atoms. The molecule has 0 amide bonds. The fourth-order valence-corrected chi connectivity index (χ4v) is 2.48. The molecule has 0 bridgehead atoms. The quantitative estimate of drug-likeness (QED) is 0.388. The first-order valence-corrected chi connectivity index (χ1v) is 8.15. The second kappa shape index (κ2) is 10.7. The maximum absolute atomic E-state index is 3.88. The molecule has 1 aromatic rings. The van der Waals surface area contributed by atoms with Crippen molar-refractivity contribution in [3.05, 3.63) is 48.0 Å². The van der Waals surface area contributed by atoms with E-state index in [1.165, 1.54) is 56.2 Å². The Morgan fingerprint density at radius 3 is 2.30 bits per heavy atom. The number of hydrogen-bond donors (Lipinski definition) is 0. The molecule has 0 atom stereocenters. The van der Waals surface area contributed by atoms with E-state index in [1.54, 1.807) is 0 Å². The highest BCUT2D eigenvalue weighted by Gasteiger charge is 2.04. The molecule has 0 aliphatic rings. The lowest BCUT2D eigenvalue weighted by Gasteiger charge is -2.20. The van der Waals surface area contributed by atoms with Crippen LogP contribution in [0.3, 0.4) is 0 Å². The van der Waals surface area contributed by atoms with Crippen LogP contribution in [0.15, 0.2) is 36.9 Å². The molecule has 0 saturated heterocycles. The molecule has 0 aromatic heterocycles. The first-order valence-electron chi connectivity index (χ1n) is 8.15. The second-order valence-corrected chi connectivity index (χ2v) is 5.78. The molecule has 1 nitrogen and oxygen atoms in total. The molecule has 0 N–H and O–H groups in total. The van der Waals surface area contributed by atoms with Crippen LogP contribution in [0.25, 0.3) is 0 Å². The Balaban J connectivity index is 2.29. The van der Waals surface area contributed by atoms with Gasteiger partial charge in [-0.05, 0) is 25.5 Å². The summed E-state index contributed by atoms with van der Waals surface area (Å²) in [6.07, 6.45) is 10.2. The summed E-state index contributed by atoms with van der Waals surface area (Å²) in [6.45, 7) is 11.5. The van der Waals surface area contributed by atoms with Gasteiger partial charge in [-0.2, -0.15) is 0 Å². The van der Waals surface area contributed by atoms with Gasteiger partial charge in [0.1, 0.15) is 0 Å². The zero-order valence-electron chi connectivity index (χ0n) is 13.4. The molecule has 112 valence electrons. The number of rotatable bonds is 11. The Morgan fingerprint density at radius 1 is 1.00 bits per heavy atom. The van der Waals surface area contributed by atoms with Gasteiger partial charge in [-0.3, -0.25) is 4.90 Å². The minimum absolute atomic E-state index is 0.989. The lowest BCUT2D eigenvalue weighted by Crippen LogP contribution is -2.24. The predicted octanol–water partition coefficient (Wildman–Crippen LogP) is 5.34. The summed E-state index contributed by atoms with van der Waals surface area (Å²) < 4.78 is 0. The number of hydrogen-bond acceptors (Lipinski definition) is 1. The van der Waals surface area contributed by atoms with Gasteiger partial charge in [-0.1, -0.05) is 74.9 Å². The van der Waals surface area contributed by atoms with Crippen molar-refractivity contribution in [2.24, 2.45) is 0 Å². The van der Waals surface area contributed by atoms with Gasteiger partial charge in [0.25, 0.3) is 0 Å². The van der Waals surface area contributed by atoms with Gasteiger partial charge in [0, 0.05) is 13.1 Å². The van der Waals surface area contributed by atoms with Gasteiger partial charge in [-0.25, -0.2) is 0 Å². The Labute approximate surface area is 125 Å². The number of nitrogens with zero attached hydrogens (tertiary/aromatic N) is 1. The number of aryl methyl sites for hydroxylation is 1. The molecule has 20 heavy (non-hydrogen) atoms. The largest absolute Gasteiger partial charge is 0.295 e. The summed E-state index contributed by atoms with van der Waals surface area (Å²) in [7, 11) is 0. The van der Waals surface area contributed by atoms with Crippen LogP contribution in [0, 0.1) is 6.92 Å². The molecule has 0 fully saturated rings. The molecule has 0 unspecified atom stereocenters. The van der Waals surface area contributed by atoms with E-state index < -0.39 is 0 Å². The van der Waals surface area contributed by atoms with Gasteiger partial charge in [-0.15, -0.1) is 6.58 Å². The van der Waals surface area contributed by atoms with Crippen LogP contribution in [0.2, 0.25) is 0 Å². The Bertz CT molecular complexity index is 353. The van der Waals surface area contributed by atoms with Crippen LogP contribution in [0.1, 0.15) is 56.6 Å². The van der Waals surface area contributed by atoms with Crippen molar-refractivity contribution in [3.8, 4) is 0 Å². The minimum atomic E-state index is 0.989. The third-order valence-electron chi connectivity index (χ3n) is 3.74. The first-order chi connectivity index (χ1) is 9.76. The zero-order chi connectivity index (χ0) is 14.6. The summed E-state index contributed by atoms with van der Waals surface area (Å²) in [5, 5.41) is 0. The predicted molar refractivity (Wildman–Crippen MR) is 90.0 cm³/mol. The number of benzene rings is 1. The maximum atomic E-state index is 3.88. The number of unbranched alkanes of at least 4 members (excludes halogenated alkanes) is 5. The smallest absolute Gasteiger partial charge is 0.0237 e. The SMILES string of the molecule is C=CCN(CCCCCCCC)Cc1ccc(C)cc1. The molecule has 0 saturated carbocycles. The van der Waals surface area contributed by atoms with Crippen LogP contribution in [-0.2, 0) is 6.54 Å². The van der Waals surface area contributed by atoms with Crippen molar-refractivity contribution < 1.29 is 0 Å². The monoisotopic (exact) mass is 273 g/mol. The average molecular weight is 273 g/mol. The molecular weight excluding hydrogens is 242 g/mol. The van der Waals surface area contributed by atoms with E-state index in [2.05, 4.69) is 49.6 Å². The fourth-order valence-electron chi connectivity index (χ4n) is 2.48. The van der Waals surface area contributed by atoms with Crippen molar-refractivity contribution in [3.63, 3.8) is 0 Å². The highest BCUT2D eigenvalue weighted by Crippen LogP contribution is 2.10. The van der Waals surface area contributed by atoms with Crippen molar-refractivity contribution in [1.82, 2.24) is 4.90 Å². The van der Waals surface area contributed by atoms with Crippen LogP contribution in [0.4, 0.5) is 0 Å². The maximum Gasteiger partial charge on any atom is 0.0237 e. The molecule has 0 aliphatic heterocycles. The van der Waals surface area contributed by atoms with Crippen molar-refractivity contribution >= 4 is 0 Å². The highest BCUT2D eigenvalue weighted by atomic mass is 15.1. The van der Waals surface area contributed by atoms with E-state index in [0.717, 1.165) is 13.1 Å². The van der Waals surface area contributed by atoms with Gasteiger partial charge in [0.05, 0.1) is 0 Å². The molecule has 0 aliphatic carbocycles. The zero-order valence-corrected chi connectivity index (χ0v) is 13.4. The Kier molecular flexibility index (Phi) is 9.06. The Hall–Kier alpha value is -1.08. The van der Waals surface area contributed by atoms with Crippen LogP contribution >= 0.6 is 0 Å². The minimum Gasteiger partial charge on any atom is -0.295 e. The van der Waals surface area contributed by atoms with Crippen molar-refractivity contribution in [2.75, 3.05) is 13.1 Å². The van der Waals surface area contributed by atoms with Gasteiger partial charge >= 0.3 is 0 Å². The van der Waals surface area contributed by atoms with Gasteiger partial charge < -0.3 is 0 Å². The normalized spacial score (nSPS) is 10.9. The molecule has 0 radical (unpaired) electrons. The third-order valence-corrected chi connectivity index (χ3v) is 3.74. The first kappa shape index (κ1) is 17.0. The summed E-state index contributed by atoms with van der Waals surface area (Å²) in [4.78, 5) is 2.50. The molecule has 0 heterocycles. The summed E-state index contributed by atoms with van der Waals surface area (Å²) in [6, 6.07) is 8.89. The van der Waals surface area contributed by atoms with Crippen LogP contribution in [0.5, 0.6) is 0 Å². The second-order valence-electron chi connectivity index (χ2n) is 5.78. The van der Waals surface area contributed by atoms with Crippen molar-refractivity contribution in [2.45, 2.75) is 58.9 Å². The summed E-state index contributed by atoms with van der Waals surface area (Å²) >= 11 is 0. The molecule has 1 heteroatoms. The lowest BCUT2D eigenvalue weighted by atomic mass is 10.1. The van der Waals surface area contributed by atoms with E-state index in [9.17, 15) is 0 Å². The molecule has 1 rings (SSSR count). The Morgan fingerprint density at radius 2 is 1.65 bits per heavy atom.